The van der Waals surface area contributed by atoms with Gasteiger partial charge in [0.15, 0.2) is 0 Å². The zero-order chi connectivity index (χ0) is 23.0. The summed E-state index contributed by atoms with van der Waals surface area (Å²) >= 11 is 0. The van der Waals surface area contributed by atoms with E-state index in [1.54, 1.807) is 0 Å². The number of hydrogen-bond acceptors (Lipinski definition) is 2. The fraction of sp³-hybridized carbons (Fsp3) is 0.296. The Morgan fingerprint density at radius 2 is 1.36 bits per heavy atom. The van der Waals surface area contributed by atoms with Crippen LogP contribution in [0.15, 0.2) is 78.9 Å². The number of rotatable bonds is 7. The number of urea groups is 1. The van der Waals surface area contributed by atoms with Crippen LogP contribution in [0.5, 0.6) is 0 Å². The lowest BCUT2D eigenvalue weighted by molar-refractivity contribution is 0.00951. The summed E-state index contributed by atoms with van der Waals surface area (Å²) in [5.41, 5.74) is 1.98. The van der Waals surface area contributed by atoms with Crippen LogP contribution in [0.4, 0.5) is 13.6 Å². The van der Waals surface area contributed by atoms with Gasteiger partial charge in [0, 0.05) is 11.6 Å². The van der Waals surface area contributed by atoms with Gasteiger partial charge < -0.3 is 15.4 Å². The molecule has 1 fully saturated rings. The van der Waals surface area contributed by atoms with Crippen molar-refractivity contribution in [2.75, 3.05) is 0 Å². The Morgan fingerprint density at radius 3 is 1.91 bits per heavy atom. The number of nitrogens with one attached hydrogen (secondary N) is 2. The maximum Gasteiger partial charge on any atom is 0.315 e. The van der Waals surface area contributed by atoms with Crippen molar-refractivity contribution in [3.8, 4) is 0 Å². The summed E-state index contributed by atoms with van der Waals surface area (Å²) in [5, 5.41) is 6.18. The number of amides is 2. The van der Waals surface area contributed by atoms with Crippen LogP contribution in [0, 0.1) is 11.6 Å². The molecule has 3 aromatic carbocycles. The maximum absolute atomic E-state index is 13.8. The largest absolute Gasteiger partial charge is 0.373 e. The lowest BCUT2D eigenvalue weighted by atomic mass is 9.93. The highest BCUT2D eigenvalue weighted by Crippen LogP contribution is 2.25. The summed E-state index contributed by atoms with van der Waals surface area (Å²) in [6.45, 7) is -0.0857. The molecular formula is C27H28F2N2O2. The normalized spacial score (nSPS) is 18.2. The van der Waals surface area contributed by atoms with Crippen molar-refractivity contribution in [2.24, 2.45) is 0 Å². The molecule has 4 rings (SSSR count). The lowest BCUT2D eigenvalue weighted by Crippen LogP contribution is -2.45. The summed E-state index contributed by atoms with van der Waals surface area (Å²) < 4.78 is 33.3. The van der Waals surface area contributed by atoms with Crippen LogP contribution in [0.1, 0.15) is 48.4 Å². The average Bonchev–Trinajstić information content (AvgIpc) is 2.84. The second-order valence-electron chi connectivity index (χ2n) is 8.36. The van der Waals surface area contributed by atoms with E-state index in [0.717, 1.165) is 36.8 Å². The number of carbonyl (C=O) groups is 1. The number of hydrogen-bond donors (Lipinski definition) is 2. The van der Waals surface area contributed by atoms with Crippen LogP contribution in [-0.4, -0.2) is 18.2 Å². The van der Waals surface area contributed by atoms with Gasteiger partial charge in [0.2, 0.25) is 0 Å². The van der Waals surface area contributed by atoms with Gasteiger partial charge in [0.1, 0.15) is 11.6 Å². The van der Waals surface area contributed by atoms with E-state index < -0.39 is 11.6 Å². The second kappa shape index (κ2) is 11.1. The standard InChI is InChI=1S/C27H28F2N2O2/c28-24-12-7-13-25(29)23(24)18-33-22-16-14-21(15-17-22)30-27(32)31-26(19-8-3-1-4-9-19)20-10-5-2-6-11-20/h1-13,21-22,26H,14-18H2,(H2,30,31,32). The minimum absolute atomic E-state index is 0.0299. The first-order chi connectivity index (χ1) is 16.1. The van der Waals surface area contributed by atoms with Gasteiger partial charge in [-0.05, 0) is 48.9 Å². The molecule has 6 heteroatoms. The van der Waals surface area contributed by atoms with Crippen molar-refractivity contribution in [1.82, 2.24) is 10.6 Å². The number of benzene rings is 3. The third-order valence-electron chi connectivity index (χ3n) is 6.08. The second-order valence-corrected chi connectivity index (χ2v) is 8.36. The van der Waals surface area contributed by atoms with Crippen molar-refractivity contribution in [2.45, 2.75) is 50.5 Å². The molecule has 4 nitrogen and oxygen atoms in total. The first kappa shape index (κ1) is 22.9. The molecule has 1 saturated carbocycles. The lowest BCUT2D eigenvalue weighted by Gasteiger charge is -2.30. The van der Waals surface area contributed by atoms with Gasteiger partial charge in [-0.15, -0.1) is 0 Å². The summed E-state index contributed by atoms with van der Waals surface area (Å²) in [6.07, 6.45) is 2.87. The van der Waals surface area contributed by atoms with Gasteiger partial charge in [-0.3, -0.25) is 0 Å². The Hall–Kier alpha value is -3.25. The van der Waals surface area contributed by atoms with Crippen LogP contribution in [0.2, 0.25) is 0 Å². The van der Waals surface area contributed by atoms with Crippen LogP contribution in [-0.2, 0) is 11.3 Å². The van der Waals surface area contributed by atoms with Crippen molar-refractivity contribution in [3.05, 3.63) is 107 Å². The van der Waals surface area contributed by atoms with Crippen LogP contribution >= 0.6 is 0 Å². The third-order valence-corrected chi connectivity index (χ3v) is 6.08. The first-order valence-electron chi connectivity index (χ1n) is 11.3. The smallest absolute Gasteiger partial charge is 0.315 e. The molecule has 0 unspecified atom stereocenters. The summed E-state index contributed by atoms with van der Waals surface area (Å²) in [4.78, 5) is 12.8. The molecule has 0 aromatic heterocycles. The molecule has 0 bridgehead atoms. The Bertz CT molecular complexity index is 979. The molecule has 33 heavy (non-hydrogen) atoms. The topological polar surface area (TPSA) is 50.4 Å². The molecule has 1 aliphatic carbocycles. The van der Waals surface area contributed by atoms with Crippen LogP contribution in [0.25, 0.3) is 0 Å². The molecule has 2 amide bonds. The zero-order valence-corrected chi connectivity index (χ0v) is 18.3. The SMILES string of the molecule is O=C(NC1CCC(OCc2c(F)cccc2F)CC1)NC(c1ccccc1)c1ccccc1. The number of ether oxygens (including phenoxy) is 1. The molecule has 2 N–H and O–H groups in total. The van der Waals surface area contributed by atoms with E-state index >= 15 is 0 Å². The fourth-order valence-corrected chi connectivity index (χ4v) is 4.25. The fourth-order valence-electron chi connectivity index (χ4n) is 4.25. The molecule has 0 radical (unpaired) electrons. The van der Waals surface area contributed by atoms with E-state index in [-0.39, 0.29) is 36.4 Å². The summed E-state index contributed by atoms with van der Waals surface area (Å²) in [7, 11) is 0. The molecular weight excluding hydrogens is 422 g/mol. The van der Waals surface area contributed by atoms with Crippen molar-refractivity contribution in [1.29, 1.82) is 0 Å². The zero-order valence-electron chi connectivity index (χ0n) is 18.3. The number of carbonyl (C=O) groups excluding carboxylic acids is 1. The molecule has 0 saturated heterocycles. The van der Waals surface area contributed by atoms with E-state index in [1.807, 2.05) is 60.7 Å². The molecule has 0 aliphatic heterocycles. The van der Waals surface area contributed by atoms with E-state index in [0.29, 0.717) is 0 Å². The van der Waals surface area contributed by atoms with E-state index in [9.17, 15) is 13.6 Å². The van der Waals surface area contributed by atoms with Gasteiger partial charge in [-0.2, -0.15) is 0 Å². The molecule has 0 spiro atoms. The Labute approximate surface area is 193 Å². The van der Waals surface area contributed by atoms with Gasteiger partial charge in [0.05, 0.1) is 18.8 Å². The summed E-state index contributed by atoms with van der Waals surface area (Å²) in [5.74, 6) is -1.18. The monoisotopic (exact) mass is 450 g/mol. The maximum atomic E-state index is 13.8. The van der Waals surface area contributed by atoms with E-state index in [1.165, 1.54) is 18.2 Å². The van der Waals surface area contributed by atoms with Gasteiger partial charge in [-0.1, -0.05) is 66.7 Å². The average molecular weight is 451 g/mol. The number of halogens is 2. The quantitative estimate of drug-likeness (QED) is 0.472. The molecule has 0 atom stereocenters. The highest BCUT2D eigenvalue weighted by atomic mass is 19.1. The van der Waals surface area contributed by atoms with Crippen molar-refractivity contribution < 1.29 is 18.3 Å². The Kier molecular flexibility index (Phi) is 7.68. The Balaban J connectivity index is 1.28. The highest BCUT2D eigenvalue weighted by Gasteiger charge is 2.25. The highest BCUT2D eigenvalue weighted by molar-refractivity contribution is 5.75. The molecule has 172 valence electrons. The minimum Gasteiger partial charge on any atom is -0.373 e. The van der Waals surface area contributed by atoms with Crippen molar-refractivity contribution >= 4 is 6.03 Å². The van der Waals surface area contributed by atoms with E-state index in [4.69, 9.17) is 4.74 Å². The third kappa shape index (κ3) is 6.17. The van der Waals surface area contributed by atoms with Crippen LogP contribution < -0.4 is 10.6 Å². The predicted molar refractivity (Wildman–Crippen MR) is 124 cm³/mol. The first-order valence-corrected chi connectivity index (χ1v) is 11.3. The van der Waals surface area contributed by atoms with Crippen molar-refractivity contribution in [3.63, 3.8) is 0 Å². The van der Waals surface area contributed by atoms with Crippen LogP contribution in [0.3, 0.4) is 0 Å². The van der Waals surface area contributed by atoms with Gasteiger partial charge in [0.25, 0.3) is 0 Å². The molecule has 1 aliphatic rings. The predicted octanol–water partition coefficient (Wildman–Crippen LogP) is 5.88. The summed E-state index contributed by atoms with van der Waals surface area (Å²) in [6, 6.07) is 23.1. The van der Waals surface area contributed by atoms with E-state index in [2.05, 4.69) is 10.6 Å². The Morgan fingerprint density at radius 1 is 0.818 bits per heavy atom. The molecule has 3 aromatic rings. The van der Waals surface area contributed by atoms with Gasteiger partial charge >= 0.3 is 6.03 Å². The molecule has 0 heterocycles. The minimum atomic E-state index is -0.589. The van der Waals surface area contributed by atoms with Gasteiger partial charge in [-0.25, -0.2) is 13.6 Å².